The molecule has 1 saturated carbocycles. The van der Waals surface area contributed by atoms with Crippen molar-refractivity contribution in [2.75, 3.05) is 13.6 Å². The lowest BCUT2D eigenvalue weighted by molar-refractivity contribution is 0.393. The highest BCUT2D eigenvalue weighted by molar-refractivity contribution is 7.89. The van der Waals surface area contributed by atoms with Crippen molar-refractivity contribution in [2.24, 2.45) is 5.92 Å². The zero-order chi connectivity index (χ0) is 15.6. The molecule has 0 amide bonds. The highest BCUT2D eigenvalue weighted by atomic mass is 32.2. The summed E-state index contributed by atoms with van der Waals surface area (Å²) >= 11 is 1.58. The highest BCUT2D eigenvalue weighted by Gasteiger charge is 2.26. The molecule has 1 aliphatic rings. The summed E-state index contributed by atoms with van der Waals surface area (Å²) in [7, 11) is -1.68. The molecule has 0 aliphatic heterocycles. The first-order chi connectivity index (χ1) is 9.84. The minimum absolute atomic E-state index is 0.375. The number of aryl methyl sites for hydroxylation is 1. The molecule has 0 radical (unpaired) electrons. The fourth-order valence-corrected chi connectivity index (χ4v) is 5.08. The van der Waals surface area contributed by atoms with E-state index in [1.165, 1.54) is 17.1 Å². The summed E-state index contributed by atoms with van der Waals surface area (Å²) in [4.78, 5) is 2.47. The highest BCUT2D eigenvalue weighted by Crippen LogP contribution is 2.29. The van der Waals surface area contributed by atoms with E-state index in [1.54, 1.807) is 18.4 Å². The van der Waals surface area contributed by atoms with Crippen molar-refractivity contribution in [3.8, 4) is 0 Å². The lowest BCUT2D eigenvalue weighted by atomic mass is 10.1. The molecule has 0 saturated heterocycles. The number of nitrogens with one attached hydrogen (secondary N) is 1. The van der Waals surface area contributed by atoms with Gasteiger partial charge in [0.2, 0.25) is 10.0 Å². The van der Waals surface area contributed by atoms with Crippen LogP contribution in [-0.2, 0) is 16.6 Å². The van der Waals surface area contributed by atoms with E-state index in [2.05, 4.69) is 19.2 Å². The zero-order valence-corrected chi connectivity index (χ0v) is 15.0. The van der Waals surface area contributed by atoms with E-state index in [9.17, 15) is 8.42 Å². The molecule has 1 aromatic heterocycles. The Balaban J connectivity index is 2.10. The summed E-state index contributed by atoms with van der Waals surface area (Å²) in [5, 5.41) is 3.44. The molecule has 4 nitrogen and oxygen atoms in total. The molecule has 1 unspecified atom stereocenters. The molecular weight excluding hydrogens is 304 g/mol. The van der Waals surface area contributed by atoms with E-state index < -0.39 is 10.0 Å². The van der Waals surface area contributed by atoms with Gasteiger partial charge >= 0.3 is 0 Å². The first kappa shape index (κ1) is 16.9. The number of hydrogen-bond acceptors (Lipinski definition) is 4. The molecule has 0 aromatic carbocycles. The van der Waals surface area contributed by atoms with Gasteiger partial charge in [-0.3, -0.25) is 0 Å². The van der Waals surface area contributed by atoms with Crippen LogP contribution in [0.3, 0.4) is 0 Å². The topological polar surface area (TPSA) is 49.4 Å². The van der Waals surface area contributed by atoms with E-state index in [1.807, 2.05) is 13.0 Å². The van der Waals surface area contributed by atoms with Crippen LogP contribution in [0.25, 0.3) is 0 Å². The Morgan fingerprint density at radius 1 is 1.48 bits per heavy atom. The molecule has 6 heteroatoms. The van der Waals surface area contributed by atoms with Crippen LogP contribution >= 0.6 is 11.3 Å². The van der Waals surface area contributed by atoms with Crippen LogP contribution < -0.4 is 5.32 Å². The van der Waals surface area contributed by atoms with E-state index in [0.29, 0.717) is 23.4 Å². The van der Waals surface area contributed by atoms with Crippen LogP contribution in [0, 0.1) is 12.8 Å². The maximum Gasteiger partial charge on any atom is 0.243 e. The van der Waals surface area contributed by atoms with Gasteiger partial charge in [0.25, 0.3) is 0 Å². The van der Waals surface area contributed by atoms with Crippen molar-refractivity contribution in [3.63, 3.8) is 0 Å². The molecule has 120 valence electrons. The molecule has 1 aliphatic carbocycles. The van der Waals surface area contributed by atoms with Crippen LogP contribution in [-0.4, -0.2) is 32.4 Å². The van der Waals surface area contributed by atoms with Crippen molar-refractivity contribution >= 4 is 21.4 Å². The second-order valence-electron chi connectivity index (χ2n) is 6.09. The van der Waals surface area contributed by atoms with Gasteiger partial charge < -0.3 is 5.32 Å². The van der Waals surface area contributed by atoms with Crippen LogP contribution in [0.4, 0.5) is 0 Å². The lowest BCUT2D eigenvalue weighted by Crippen LogP contribution is -2.31. The Bertz CT molecular complexity index is 576. The third-order valence-corrected chi connectivity index (χ3v) is 7.15. The number of nitrogens with zero attached hydrogens (tertiary/aromatic N) is 1. The fourth-order valence-electron chi connectivity index (χ4n) is 2.23. The molecule has 2 rings (SSSR count). The monoisotopic (exact) mass is 330 g/mol. The molecule has 1 aromatic rings. The van der Waals surface area contributed by atoms with Gasteiger partial charge in [0.1, 0.15) is 0 Å². The average molecular weight is 331 g/mol. The first-order valence-corrected chi connectivity index (χ1v) is 9.89. The minimum atomic E-state index is -3.36. The van der Waals surface area contributed by atoms with Gasteiger partial charge in [-0.25, -0.2) is 12.7 Å². The number of sulfonamides is 1. The Labute approximate surface area is 132 Å². The van der Waals surface area contributed by atoms with Gasteiger partial charge in [0.05, 0.1) is 4.90 Å². The average Bonchev–Trinajstić information content (AvgIpc) is 3.18. The predicted octanol–water partition coefficient (Wildman–Crippen LogP) is 2.98. The van der Waals surface area contributed by atoms with E-state index in [-0.39, 0.29) is 0 Å². The Morgan fingerprint density at radius 3 is 2.71 bits per heavy atom. The van der Waals surface area contributed by atoms with Crippen LogP contribution in [0.1, 0.15) is 42.9 Å². The second kappa shape index (κ2) is 6.77. The number of rotatable bonds is 8. The molecule has 1 N–H and O–H groups in total. The zero-order valence-electron chi connectivity index (χ0n) is 13.3. The van der Waals surface area contributed by atoms with Gasteiger partial charge in [-0.2, -0.15) is 0 Å². The summed E-state index contributed by atoms with van der Waals surface area (Å²) in [5.74, 6) is 0.375. The van der Waals surface area contributed by atoms with Crippen molar-refractivity contribution in [3.05, 3.63) is 15.8 Å². The van der Waals surface area contributed by atoms with Crippen LogP contribution in [0.15, 0.2) is 11.0 Å². The number of hydrogen-bond donors (Lipinski definition) is 1. The van der Waals surface area contributed by atoms with Crippen LogP contribution in [0.2, 0.25) is 0 Å². The normalized spacial score (nSPS) is 17.4. The largest absolute Gasteiger partial charge is 0.309 e. The van der Waals surface area contributed by atoms with Gasteiger partial charge in [-0.1, -0.05) is 20.3 Å². The molecule has 21 heavy (non-hydrogen) atoms. The third-order valence-electron chi connectivity index (χ3n) is 4.02. The van der Waals surface area contributed by atoms with Crippen molar-refractivity contribution in [1.82, 2.24) is 9.62 Å². The molecule has 1 fully saturated rings. The summed E-state index contributed by atoms with van der Waals surface area (Å²) < 4.78 is 26.9. The molecule has 0 bridgehead atoms. The van der Waals surface area contributed by atoms with Gasteiger partial charge in [0, 0.05) is 35.9 Å². The minimum Gasteiger partial charge on any atom is -0.309 e. The maximum absolute atomic E-state index is 12.7. The molecular formula is C15H26N2O2S2. The lowest BCUT2D eigenvalue weighted by Gasteiger charge is -2.20. The Hall–Kier alpha value is -0.430. The standard InChI is InChI=1S/C15H26N2O2S2/c1-5-11(2)10-17(4)21(18,19)15-8-14(20-12(15)3)9-16-13-6-7-13/h8,11,13,16H,5-7,9-10H2,1-4H3. The first-order valence-electron chi connectivity index (χ1n) is 7.63. The Morgan fingerprint density at radius 2 is 2.14 bits per heavy atom. The molecule has 1 atom stereocenters. The SMILES string of the molecule is CCC(C)CN(C)S(=O)(=O)c1cc(CNC2CC2)sc1C. The van der Waals surface area contributed by atoms with E-state index in [0.717, 1.165) is 22.7 Å². The third kappa shape index (κ3) is 4.28. The molecule has 1 heterocycles. The molecule has 0 spiro atoms. The summed E-state index contributed by atoms with van der Waals surface area (Å²) in [6.07, 6.45) is 3.47. The maximum atomic E-state index is 12.7. The Kier molecular flexibility index (Phi) is 5.46. The van der Waals surface area contributed by atoms with Crippen molar-refractivity contribution in [1.29, 1.82) is 0 Å². The van der Waals surface area contributed by atoms with Crippen molar-refractivity contribution in [2.45, 2.75) is 57.5 Å². The van der Waals surface area contributed by atoms with Crippen molar-refractivity contribution < 1.29 is 8.42 Å². The fraction of sp³-hybridized carbons (Fsp3) is 0.733. The summed E-state index contributed by atoms with van der Waals surface area (Å²) in [6.45, 7) is 7.42. The predicted molar refractivity (Wildman–Crippen MR) is 88.2 cm³/mol. The summed E-state index contributed by atoms with van der Waals surface area (Å²) in [6, 6.07) is 2.48. The van der Waals surface area contributed by atoms with E-state index >= 15 is 0 Å². The van der Waals surface area contributed by atoms with Gasteiger partial charge in [-0.15, -0.1) is 11.3 Å². The summed E-state index contributed by atoms with van der Waals surface area (Å²) in [5.41, 5.74) is 0. The quantitative estimate of drug-likeness (QED) is 0.797. The second-order valence-corrected chi connectivity index (χ2v) is 9.44. The van der Waals surface area contributed by atoms with Crippen LogP contribution in [0.5, 0.6) is 0 Å². The van der Waals surface area contributed by atoms with E-state index in [4.69, 9.17) is 0 Å². The van der Waals surface area contributed by atoms with Gasteiger partial charge in [0.15, 0.2) is 0 Å². The number of thiophene rings is 1. The smallest absolute Gasteiger partial charge is 0.243 e. The van der Waals surface area contributed by atoms with Gasteiger partial charge in [-0.05, 0) is 31.7 Å².